The molecular formula is C21H33IN6O. The number of hydrogen-bond acceptors (Lipinski definition) is 4. The Morgan fingerprint density at radius 3 is 2.76 bits per heavy atom. The first-order valence-electron chi connectivity index (χ1n) is 10.2. The van der Waals surface area contributed by atoms with E-state index in [1.165, 1.54) is 5.56 Å². The van der Waals surface area contributed by atoms with E-state index in [2.05, 4.69) is 50.7 Å². The van der Waals surface area contributed by atoms with Crippen LogP contribution in [0.3, 0.4) is 0 Å². The van der Waals surface area contributed by atoms with Crippen LogP contribution in [-0.2, 0) is 18.3 Å². The number of nitrogens with zero attached hydrogens (tertiary/aromatic N) is 5. The van der Waals surface area contributed by atoms with E-state index in [1.807, 2.05) is 25.5 Å². The molecule has 2 heterocycles. The molecule has 1 aromatic heterocycles. The lowest BCUT2D eigenvalue weighted by molar-refractivity contribution is 0.145. The number of hydrogen-bond donors (Lipinski definition) is 1. The number of ether oxygens (including phenoxy) is 1. The van der Waals surface area contributed by atoms with E-state index in [1.54, 1.807) is 0 Å². The highest BCUT2D eigenvalue weighted by molar-refractivity contribution is 14.0. The normalized spacial score (nSPS) is 16.7. The summed E-state index contributed by atoms with van der Waals surface area (Å²) in [7, 11) is 1.98. The molecule has 8 heteroatoms. The van der Waals surface area contributed by atoms with Crippen LogP contribution in [0.25, 0.3) is 0 Å². The van der Waals surface area contributed by atoms with Crippen molar-refractivity contribution < 1.29 is 4.74 Å². The van der Waals surface area contributed by atoms with Crippen molar-refractivity contribution in [2.75, 3.05) is 32.8 Å². The predicted molar refractivity (Wildman–Crippen MR) is 127 cm³/mol. The molecule has 29 heavy (non-hydrogen) atoms. The fourth-order valence-corrected chi connectivity index (χ4v) is 3.47. The second-order valence-corrected chi connectivity index (χ2v) is 7.18. The number of aryl methyl sites for hydroxylation is 1. The molecule has 1 saturated heterocycles. The zero-order valence-electron chi connectivity index (χ0n) is 17.7. The molecule has 3 rings (SSSR count). The summed E-state index contributed by atoms with van der Waals surface area (Å²) in [4.78, 5) is 7.23. The predicted octanol–water partition coefficient (Wildman–Crippen LogP) is 3.10. The molecule has 160 valence electrons. The fraction of sp³-hybridized carbons (Fsp3) is 0.571. The van der Waals surface area contributed by atoms with E-state index >= 15 is 0 Å². The molecule has 1 N–H and O–H groups in total. The molecule has 1 aliphatic heterocycles. The third-order valence-electron chi connectivity index (χ3n) is 5.26. The first kappa shape index (κ1) is 23.6. The summed E-state index contributed by atoms with van der Waals surface area (Å²) in [6.07, 6.45) is 2.11. The summed E-state index contributed by atoms with van der Waals surface area (Å²) in [5, 5.41) is 11.9. The van der Waals surface area contributed by atoms with Gasteiger partial charge in [-0.15, -0.1) is 34.2 Å². The van der Waals surface area contributed by atoms with Gasteiger partial charge in [-0.1, -0.05) is 30.3 Å². The van der Waals surface area contributed by atoms with Gasteiger partial charge in [0.2, 0.25) is 0 Å². The number of likely N-dealkylation sites (tertiary alicyclic amines) is 1. The van der Waals surface area contributed by atoms with Gasteiger partial charge in [0, 0.05) is 45.8 Å². The van der Waals surface area contributed by atoms with Crippen LogP contribution < -0.4 is 5.32 Å². The summed E-state index contributed by atoms with van der Waals surface area (Å²) in [6, 6.07) is 10.8. The van der Waals surface area contributed by atoms with E-state index in [9.17, 15) is 0 Å². The van der Waals surface area contributed by atoms with Crippen molar-refractivity contribution in [3.05, 3.63) is 47.5 Å². The van der Waals surface area contributed by atoms with Crippen molar-refractivity contribution >= 4 is 29.9 Å². The minimum Gasteiger partial charge on any atom is -0.382 e. The molecule has 0 saturated carbocycles. The molecule has 1 fully saturated rings. The fourth-order valence-electron chi connectivity index (χ4n) is 3.47. The van der Waals surface area contributed by atoms with E-state index < -0.39 is 0 Å². The zero-order valence-corrected chi connectivity index (χ0v) is 20.0. The van der Waals surface area contributed by atoms with Crippen molar-refractivity contribution in [2.45, 2.75) is 39.2 Å². The number of rotatable bonds is 8. The molecule has 1 aromatic carbocycles. The monoisotopic (exact) mass is 512 g/mol. The number of guanidine groups is 1. The van der Waals surface area contributed by atoms with E-state index in [0.717, 1.165) is 63.3 Å². The number of aromatic nitrogens is 3. The van der Waals surface area contributed by atoms with Crippen LogP contribution in [-0.4, -0.2) is 58.5 Å². The Bertz CT molecular complexity index is 764. The Kier molecular flexibility index (Phi) is 9.86. The van der Waals surface area contributed by atoms with E-state index in [0.29, 0.717) is 12.5 Å². The largest absolute Gasteiger partial charge is 0.382 e. The minimum absolute atomic E-state index is 0. The van der Waals surface area contributed by atoms with Gasteiger partial charge in [-0.25, -0.2) is 4.99 Å². The highest BCUT2D eigenvalue weighted by Gasteiger charge is 2.26. The van der Waals surface area contributed by atoms with Crippen molar-refractivity contribution in [2.24, 2.45) is 12.0 Å². The molecular weight excluding hydrogens is 479 g/mol. The van der Waals surface area contributed by atoms with Gasteiger partial charge in [0.25, 0.3) is 0 Å². The van der Waals surface area contributed by atoms with Crippen LogP contribution in [0.15, 0.2) is 35.3 Å². The zero-order chi connectivity index (χ0) is 19.8. The van der Waals surface area contributed by atoms with Crippen LogP contribution in [0.5, 0.6) is 0 Å². The molecule has 0 radical (unpaired) electrons. The first-order valence-corrected chi connectivity index (χ1v) is 10.2. The van der Waals surface area contributed by atoms with Gasteiger partial charge in [0.1, 0.15) is 12.4 Å². The van der Waals surface area contributed by atoms with Gasteiger partial charge in [0.05, 0.1) is 0 Å². The third kappa shape index (κ3) is 6.67. The molecule has 1 aliphatic rings. The highest BCUT2D eigenvalue weighted by atomic mass is 127. The maximum absolute atomic E-state index is 5.45. The maximum atomic E-state index is 5.45. The van der Waals surface area contributed by atoms with Crippen LogP contribution in [0, 0.1) is 6.92 Å². The maximum Gasteiger partial charge on any atom is 0.194 e. The van der Waals surface area contributed by atoms with Gasteiger partial charge in [-0.3, -0.25) is 0 Å². The van der Waals surface area contributed by atoms with Gasteiger partial charge in [0.15, 0.2) is 11.8 Å². The molecule has 0 amide bonds. The minimum atomic E-state index is 0. The lowest BCUT2D eigenvalue weighted by Crippen LogP contribution is -2.40. The number of nitrogens with one attached hydrogen (secondary N) is 1. The number of aliphatic imine (C=N–C) groups is 1. The summed E-state index contributed by atoms with van der Waals surface area (Å²) in [5.74, 6) is 3.29. The van der Waals surface area contributed by atoms with Crippen molar-refractivity contribution in [1.82, 2.24) is 25.0 Å². The lowest BCUT2D eigenvalue weighted by Gasteiger charge is -2.22. The second kappa shape index (κ2) is 12.1. The molecule has 0 aliphatic carbocycles. The van der Waals surface area contributed by atoms with Crippen LogP contribution in [0.2, 0.25) is 0 Å². The van der Waals surface area contributed by atoms with Gasteiger partial charge in [-0.2, -0.15) is 0 Å². The number of benzene rings is 1. The Labute approximate surface area is 191 Å². The molecule has 0 bridgehead atoms. The third-order valence-corrected chi connectivity index (χ3v) is 5.26. The smallest absolute Gasteiger partial charge is 0.194 e. The van der Waals surface area contributed by atoms with Crippen LogP contribution in [0.1, 0.15) is 42.9 Å². The highest BCUT2D eigenvalue weighted by Crippen LogP contribution is 2.26. The molecule has 2 aromatic rings. The van der Waals surface area contributed by atoms with E-state index in [-0.39, 0.29) is 24.0 Å². The Hall–Kier alpha value is -1.68. The van der Waals surface area contributed by atoms with Crippen LogP contribution in [0.4, 0.5) is 0 Å². The molecule has 0 spiro atoms. The molecule has 1 unspecified atom stereocenters. The topological polar surface area (TPSA) is 67.6 Å². The van der Waals surface area contributed by atoms with Crippen LogP contribution >= 0.6 is 24.0 Å². The second-order valence-electron chi connectivity index (χ2n) is 7.18. The summed E-state index contributed by atoms with van der Waals surface area (Å²) < 4.78 is 7.44. The van der Waals surface area contributed by atoms with Crippen molar-refractivity contribution in [1.29, 1.82) is 0 Å². The van der Waals surface area contributed by atoms with E-state index in [4.69, 9.17) is 9.73 Å². The van der Waals surface area contributed by atoms with Crippen molar-refractivity contribution in [3.8, 4) is 0 Å². The average Bonchev–Trinajstić information content (AvgIpc) is 3.33. The Morgan fingerprint density at radius 2 is 2.07 bits per heavy atom. The quantitative estimate of drug-likeness (QED) is 0.255. The standard InChI is InChI=1S/C21H32N6O.HI/c1-4-28-14-8-12-22-21(23-15-20-25-24-17(2)26(20)3)27-13-11-19(16-27)18-9-6-5-7-10-18;/h5-7,9-10,19H,4,8,11-16H2,1-3H3,(H,22,23);1H. The lowest BCUT2D eigenvalue weighted by atomic mass is 9.99. The number of halogens is 1. The summed E-state index contributed by atoms with van der Waals surface area (Å²) in [6.45, 7) is 8.88. The average molecular weight is 512 g/mol. The SMILES string of the molecule is CCOCCCNC(=NCc1nnc(C)n1C)N1CCC(c2ccccc2)C1.I. The summed E-state index contributed by atoms with van der Waals surface area (Å²) >= 11 is 0. The Morgan fingerprint density at radius 1 is 1.28 bits per heavy atom. The molecule has 1 atom stereocenters. The van der Waals surface area contributed by atoms with Gasteiger partial charge >= 0.3 is 0 Å². The van der Waals surface area contributed by atoms with Gasteiger partial charge < -0.3 is 19.5 Å². The van der Waals surface area contributed by atoms with Gasteiger partial charge in [-0.05, 0) is 32.3 Å². The molecule has 7 nitrogen and oxygen atoms in total. The van der Waals surface area contributed by atoms with Crippen molar-refractivity contribution in [3.63, 3.8) is 0 Å². The summed E-state index contributed by atoms with van der Waals surface area (Å²) in [5.41, 5.74) is 1.41. The Balaban J connectivity index is 0.00000300. The first-order chi connectivity index (χ1) is 13.7.